The molecule has 0 unspecified atom stereocenters. The number of alkyl halides is 1. The quantitative estimate of drug-likeness (QED) is 0.398. The van der Waals surface area contributed by atoms with Gasteiger partial charge in [0.1, 0.15) is 0 Å². The zero-order valence-corrected chi connectivity index (χ0v) is 12.2. The summed E-state index contributed by atoms with van der Waals surface area (Å²) in [7, 11) is 0. The molecule has 0 aliphatic rings. The smallest absolute Gasteiger partial charge is 0.00313 e. The summed E-state index contributed by atoms with van der Waals surface area (Å²) in [4.78, 5) is 2.52. The number of nitrogens with zero attached hydrogens (tertiary/aromatic N) is 1. The van der Waals surface area contributed by atoms with E-state index < -0.39 is 0 Å². The Labute approximate surface area is 105 Å². The Bertz CT molecular complexity index is 113. The van der Waals surface area contributed by atoms with E-state index in [0.29, 0.717) is 0 Å². The third-order valence-electron chi connectivity index (χ3n) is 3.00. The molecule has 0 radical (unpaired) electrons. The van der Waals surface area contributed by atoms with Crippen molar-refractivity contribution in [1.29, 1.82) is 0 Å². The monoisotopic (exact) mass is 277 g/mol. The second kappa shape index (κ2) is 12.5. The summed E-state index contributed by atoms with van der Waals surface area (Å²) in [6.07, 6.45) is 9.86. The Morgan fingerprint density at radius 3 is 1.67 bits per heavy atom. The molecular formula is C13H28BrN. The molecule has 0 fully saturated rings. The molecule has 0 N–H and O–H groups in total. The van der Waals surface area contributed by atoms with Gasteiger partial charge in [-0.05, 0) is 32.5 Å². The van der Waals surface area contributed by atoms with Gasteiger partial charge in [0.05, 0.1) is 0 Å². The molecule has 0 rings (SSSR count). The van der Waals surface area contributed by atoms with Crippen molar-refractivity contribution < 1.29 is 0 Å². The molecule has 0 saturated heterocycles. The summed E-state index contributed by atoms with van der Waals surface area (Å²) < 4.78 is 0. The first-order valence-electron chi connectivity index (χ1n) is 6.63. The van der Waals surface area contributed by atoms with Crippen molar-refractivity contribution in [2.45, 2.75) is 58.8 Å². The van der Waals surface area contributed by atoms with Gasteiger partial charge in [0, 0.05) is 5.33 Å². The fraction of sp³-hybridized carbons (Fsp3) is 1.00. The standard InChI is InChI=1S/C13H28BrN/c1-3-15(4-2)13-11-9-7-5-6-8-10-12-14/h3-13H2,1-2H3. The average Bonchev–Trinajstić information content (AvgIpc) is 2.27. The van der Waals surface area contributed by atoms with Gasteiger partial charge in [-0.25, -0.2) is 0 Å². The molecule has 15 heavy (non-hydrogen) atoms. The molecule has 0 aliphatic heterocycles. The first kappa shape index (κ1) is 15.4. The second-order valence-electron chi connectivity index (χ2n) is 4.19. The van der Waals surface area contributed by atoms with Gasteiger partial charge in [0.25, 0.3) is 0 Å². The van der Waals surface area contributed by atoms with Crippen LogP contribution in [0.5, 0.6) is 0 Å². The predicted molar refractivity (Wildman–Crippen MR) is 73.9 cm³/mol. The topological polar surface area (TPSA) is 3.24 Å². The minimum Gasteiger partial charge on any atom is -0.304 e. The highest BCUT2D eigenvalue weighted by atomic mass is 79.9. The number of rotatable bonds is 11. The fourth-order valence-electron chi connectivity index (χ4n) is 1.85. The molecule has 92 valence electrons. The van der Waals surface area contributed by atoms with Crippen LogP contribution in [0.15, 0.2) is 0 Å². The van der Waals surface area contributed by atoms with Gasteiger partial charge in [-0.1, -0.05) is 61.9 Å². The zero-order valence-electron chi connectivity index (χ0n) is 10.6. The van der Waals surface area contributed by atoms with Crippen molar-refractivity contribution in [2.75, 3.05) is 25.0 Å². The fourth-order valence-corrected chi connectivity index (χ4v) is 2.25. The molecular weight excluding hydrogens is 250 g/mol. The maximum absolute atomic E-state index is 3.47. The van der Waals surface area contributed by atoms with E-state index in [1.54, 1.807) is 0 Å². The van der Waals surface area contributed by atoms with E-state index in [-0.39, 0.29) is 0 Å². The number of hydrogen-bond donors (Lipinski definition) is 0. The average molecular weight is 278 g/mol. The van der Waals surface area contributed by atoms with Crippen LogP contribution < -0.4 is 0 Å². The maximum atomic E-state index is 3.47. The van der Waals surface area contributed by atoms with E-state index in [0.717, 1.165) is 0 Å². The molecule has 0 atom stereocenters. The minimum absolute atomic E-state index is 1.18. The minimum atomic E-state index is 1.18. The lowest BCUT2D eigenvalue weighted by molar-refractivity contribution is 0.295. The molecule has 0 aromatic rings. The lowest BCUT2D eigenvalue weighted by Crippen LogP contribution is -2.23. The van der Waals surface area contributed by atoms with Gasteiger partial charge in [0.15, 0.2) is 0 Å². The molecule has 0 aromatic carbocycles. The van der Waals surface area contributed by atoms with E-state index in [1.807, 2.05) is 0 Å². The van der Waals surface area contributed by atoms with E-state index >= 15 is 0 Å². The van der Waals surface area contributed by atoms with Crippen molar-refractivity contribution in [1.82, 2.24) is 4.90 Å². The van der Waals surface area contributed by atoms with Gasteiger partial charge < -0.3 is 4.90 Å². The summed E-state index contributed by atoms with van der Waals surface area (Å²) >= 11 is 3.47. The van der Waals surface area contributed by atoms with Crippen molar-refractivity contribution >= 4 is 15.9 Å². The van der Waals surface area contributed by atoms with Crippen LogP contribution in [0.4, 0.5) is 0 Å². The first-order chi connectivity index (χ1) is 7.35. The third kappa shape index (κ3) is 10.7. The summed E-state index contributed by atoms with van der Waals surface area (Å²) in [6, 6.07) is 0. The van der Waals surface area contributed by atoms with Crippen LogP contribution in [0.1, 0.15) is 58.8 Å². The molecule has 1 nitrogen and oxygen atoms in total. The molecule has 0 spiro atoms. The molecule has 0 bridgehead atoms. The molecule has 0 aromatic heterocycles. The van der Waals surface area contributed by atoms with Crippen molar-refractivity contribution in [3.8, 4) is 0 Å². The lowest BCUT2D eigenvalue weighted by atomic mass is 10.1. The molecule has 0 heterocycles. The van der Waals surface area contributed by atoms with Crippen LogP contribution in [-0.4, -0.2) is 29.9 Å². The van der Waals surface area contributed by atoms with E-state index in [4.69, 9.17) is 0 Å². The van der Waals surface area contributed by atoms with Crippen molar-refractivity contribution in [3.63, 3.8) is 0 Å². The Hall–Kier alpha value is 0.440. The summed E-state index contributed by atoms with van der Waals surface area (Å²) in [5.74, 6) is 0. The zero-order chi connectivity index (χ0) is 11.4. The second-order valence-corrected chi connectivity index (χ2v) is 4.98. The Balaban J connectivity index is 3.04. The van der Waals surface area contributed by atoms with Crippen LogP contribution >= 0.6 is 15.9 Å². The number of hydrogen-bond acceptors (Lipinski definition) is 1. The maximum Gasteiger partial charge on any atom is 0.00313 e. The summed E-state index contributed by atoms with van der Waals surface area (Å²) in [5, 5.41) is 1.18. The first-order valence-corrected chi connectivity index (χ1v) is 7.75. The van der Waals surface area contributed by atoms with Gasteiger partial charge in [-0.2, -0.15) is 0 Å². The Kier molecular flexibility index (Phi) is 12.9. The molecule has 0 amide bonds. The SMILES string of the molecule is CCN(CC)CCCCCCCCCBr. The molecule has 0 aliphatic carbocycles. The highest BCUT2D eigenvalue weighted by molar-refractivity contribution is 9.09. The largest absolute Gasteiger partial charge is 0.304 e. The van der Waals surface area contributed by atoms with Crippen LogP contribution in [0, 0.1) is 0 Å². The highest BCUT2D eigenvalue weighted by Gasteiger charge is 1.97. The highest BCUT2D eigenvalue weighted by Crippen LogP contribution is 2.08. The molecule has 2 heteroatoms. The van der Waals surface area contributed by atoms with E-state index in [2.05, 4.69) is 34.7 Å². The normalized spacial score (nSPS) is 11.2. The van der Waals surface area contributed by atoms with Crippen LogP contribution in [0.25, 0.3) is 0 Å². The van der Waals surface area contributed by atoms with Gasteiger partial charge in [-0.3, -0.25) is 0 Å². The summed E-state index contributed by atoms with van der Waals surface area (Å²) in [6.45, 7) is 8.23. The predicted octanol–water partition coefficient (Wildman–Crippen LogP) is 4.45. The Morgan fingerprint density at radius 1 is 0.733 bits per heavy atom. The Morgan fingerprint density at radius 2 is 1.20 bits per heavy atom. The van der Waals surface area contributed by atoms with Crippen LogP contribution in [-0.2, 0) is 0 Å². The molecule has 0 saturated carbocycles. The van der Waals surface area contributed by atoms with Crippen LogP contribution in [0.2, 0.25) is 0 Å². The lowest BCUT2D eigenvalue weighted by Gasteiger charge is -2.17. The van der Waals surface area contributed by atoms with Crippen molar-refractivity contribution in [2.24, 2.45) is 0 Å². The van der Waals surface area contributed by atoms with E-state index in [1.165, 1.54) is 69.9 Å². The van der Waals surface area contributed by atoms with Crippen molar-refractivity contribution in [3.05, 3.63) is 0 Å². The van der Waals surface area contributed by atoms with Gasteiger partial charge >= 0.3 is 0 Å². The van der Waals surface area contributed by atoms with E-state index in [9.17, 15) is 0 Å². The van der Waals surface area contributed by atoms with Crippen LogP contribution in [0.3, 0.4) is 0 Å². The number of halogens is 1. The third-order valence-corrected chi connectivity index (χ3v) is 3.56. The number of unbranched alkanes of at least 4 members (excludes halogenated alkanes) is 6. The van der Waals surface area contributed by atoms with Gasteiger partial charge in [0.2, 0.25) is 0 Å². The summed E-state index contributed by atoms with van der Waals surface area (Å²) in [5.41, 5.74) is 0. The van der Waals surface area contributed by atoms with Gasteiger partial charge in [-0.15, -0.1) is 0 Å².